The summed E-state index contributed by atoms with van der Waals surface area (Å²) in [4.78, 5) is 22.2. The second-order valence-electron chi connectivity index (χ2n) is 14.0. The van der Waals surface area contributed by atoms with Crippen molar-refractivity contribution in [1.29, 1.82) is 0 Å². The van der Waals surface area contributed by atoms with Crippen LogP contribution in [0.5, 0.6) is 5.75 Å². The molecule has 0 amide bonds. The van der Waals surface area contributed by atoms with Crippen LogP contribution in [-0.4, -0.2) is 30.4 Å². The summed E-state index contributed by atoms with van der Waals surface area (Å²) in [6, 6.07) is 27.8. The molecule has 0 fully saturated rings. The molecule has 0 aliphatic carbocycles. The summed E-state index contributed by atoms with van der Waals surface area (Å²) in [6.45, 7) is 10.5. The first kappa shape index (κ1) is 35.0. The van der Waals surface area contributed by atoms with Gasteiger partial charge in [0.15, 0.2) is 0 Å². The minimum atomic E-state index is -4.47. The lowest BCUT2D eigenvalue weighted by molar-refractivity contribution is -0.147. The van der Waals surface area contributed by atoms with Gasteiger partial charge in [-0.25, -0.2) is 4.98 Å². The van der Waals surface area contributed by atoms with Crippen LogP contribution < -0.4 is 4.74 Å². The number of carboxylic acids is 1. The maximum absolute atomic E-state index is 13.2. The van der Waals surface area contributed by atoms with E-state index in [4.69, 9.17) is 9.72 Å². The summed E-state index contributed by atoms with van der Waals surface area (Å²) in [5.41, 5.74) is 3.64. The molecule has 3 heterocycles. The maximum atomic E-state index is 13.2. The number of alkyl halides is 3. The number of aliphatic carboxylic acids is 1. The van der Waals surface area contributed by atoms with Gasteiger partial charge in [-0.2, -0.15) is 13.2 Å². The van der Waals surface area contributed by atoms with Crippen molar-refractivity contribution in [2.45, 2.75) is 70.0 Å². The summed E-state index contributed by atoms with van der Waals surface area (Å²) in [6.07, 6.45) is -3.35. The summed E-state index contributed by atoms with van der Waals surface area (Å²) >= 11 is 1.68. The van der Waals surface area contributed by atoms with Crippen molar-refractivity contribution in [2.24, 2.45) is 5.41 Å². The van der Waals surface area contributed by atoms with Crippen LogP contribution in [0.15, 0.2) is 102 Å². The van der Waals surface area contributed by atoms with Gasteiger partial charge in [0.2, 0.25) is 0 Å². The molecule has 258 valence electrons. The number of thioether (sulfide) groups is 1. The van der Waals surface area contributed by atoms with E-state index < -0.39 is 23.1 Å². The topological polar surface area (TPSA) is 77.2 Å². The highest BCUT2D eigenvalue weighted by Crippen LogP contribution is 2.44. The molecular weight excluding hydrogens is 660 g/mol. The largest absolute Gasteiger partial charge is 0.487 e. The standard InChI is InChI=1S/C40H38F3N3O3S/c1-38(2,3)50-36-31-20-30(49-24-29-15-13-26-10-6-7-12-33(26)45-29)16-18-34(31)46(35(36)21-39(4,5)37(47)48)23-25-9-8-11-27(19-25)32-17-14-28(22-44-32)40(41,42)43/h6-20,22H,21,23-24H2,1-5H3,(H,47,48). The zero-order valence-electron chi connectivity index (χ0n) is 28.5. The Morgan fingerprint density at radius 2 is 1.68 bits per heavy atom. The fourth-order valence-electron chi connectivity index (χ4n) is 5.81. The molecule has 0 saturated heterocycles. The van der Waals surface area contributed by atoms with E-state index in [1.54, 1.807) is 25.6 Å². The Kier molecular flexibility index (Phi) is 9.43. The van der Waals surface area contributed by atoms with Crippen molar-refractivity contribution in [1.82, 2.24) is 14.5 Å². The van der Waals surface area contributed by atoms with Crippen LogP contribution in [0.25, 0.3) is 33.1 Å². The number of carbonyl (C=O) groups is 1. The quantitative estimate of drug-likeness (QED) is 0.144. The van der Waals surface area contributed by atoms with E-state index in [1.807, 2.05) is 78.9 Å². The fourth-order valence-corrected chi connectivity index (χ4v) is 6.99. The van der Waals surface area contributed by atoms with Crippen LogP contribution in [0, 0.1) is 5.41 Å². The number of nitrogens with zero attached hydrogens (tertiary/aromatic N) is 3. The Balaban J connectivity index is 1.41. The third-order valence-corrected chi connectivity index (χ3v) is 9.66. The number of para-hydroxylation sites is 1. The Morgan fingerprint density at radius 1 is 0.900 bits per heavy atom. The lowest BCUT2D eigenvalue weighted by Gasteiger charge is -2.24. The van der Waals surface area contributed by atoms with Crippen molar-refractivity contribution in [3.63, 3.8) is 0 Å². The van der Waals surface area contributed by atoms with Crippen molar-refractivity contribution in [2.75, 3.05) is 0 Å². The number of aromatic nitrogens is 3. The average Bonchev–Trinajstić information content (AvgIpc) is 3.32. The first-order valence-corrected chi connectivity index (χ1v) is 17.1. The number of pyridine rings is 2. The molecule has 0 saturated carbocycles. The van der Waals surface area contributed by atoms with Gasteiger partial charge in [-0.15, -0.1) is 11.8 Å². The molecule has 1 N–H and O–H groups in total. The van der Waals surface area contributed by atoms with Crippen molar-refractivity contribution in [3.05, 3.63) is 120 Å². The van der Waals surface area contributed by atoms with Gasteiger partial charge >= 0.3 is 12.1 Å². The maximum Gasteiger partial charge on any atom is 0.417 e. The van der Waals surface area contributed by atoms with E-state index >= 15 is 0 Å². The normalized spacial score (nSPS) is 12.5. The number of carboxylic acid groups (broad SMARTS) is 1. The second-order valence-corrected chi connectivity index (χ2v) is 15.9. The number of hydrogen-bond donors (Lipinski definition) is 1. The van der Waals surface area contributed by atoms with E-state index in [0.717, 1.165) is 55.9 Å². The molecule has 0 aliphatic rings. The van der Waals surface area contributed by atoms with Gasteiger partial charge in [0.05, 0.1) is 27.9 Å². The zero-order chi connectivity index (χ0) is 35.8. The van der Waals surface area contributed by atoms with Crippen molar-refractivity contribution < 1.29 is 27.8 Å². The lowest BCUT2D eigenvalue weighted by Crippen LogP contribution is -2.28. The summed E-state index contributed by atoms with van der Waals surface area (Å²) < 4.78 is 47.8. The third-order valence-electron chi connectivity index (χ3n) is 8.39. The predicted molar refractivity (Wildman–Crippen MR) is 193 cm³/mol. The van der Waals surface area contributed by atoms with Crippen LogP contribution in [-0.2, 0) is 30.5 Å². The predicted octanol–water partition coefficient (Wildman–Crippen LogP) is 10.4. The van der Waals surface area contributed by atoms with Crippen molar-refractivity contribution in [3.8, 4) is 17.0 Å². The van der Waals surface area contributed by atoms with Gasteiger partial charge < -0.3 is 14.4 Å². The molecule has 6 nitrogen and oxygen atoms in total. The van der Waals surface area contributed by atoms with E-state index in [0.29, 0.717) is 23.6 Å². The van der Waals surface area contributed by atoms with Gasteiger partial charge in [0.1, 0.15) is 12.4 Å². The Morgan fingerprint density at radius 3 is 2.38 bits per heavy atom. The number of fused-ring (bicyclic) bond motifs is 2. The molecule has 0 aliphatic heterocycles. The first-order chi connectivity index (χ1) is 23.6. The second kappa shape index (κ2) is 13.5. The summed E-state index contributed by atoms with van der Waals surface area (Å²) in [5.74, 6) is -0.233. The minimum Gasteiger partial charge on any atom is -0.487 e. The molecule has 10 heteroatoms. The molecule has 0 atom stereocenters. The molecule has 3 aromatic heterocycles. The molecule has 0 radical (unpaired) electrons. The molecule has 0 bridgehead atoms. The summed E-state index contributed by atoms with van der Waals surface area (Å²) in [7, 11) is 0. The van der Waals surface area contributed by atoms with Gasteiger partial charge in [0.25, 0.3) is 0 Å². The smallest absolute Gasteiger partial charge is 0.417 e. The lowest BCUT2D eigenvalue weighted by atomic mass is 9.88. The molecule has 6 rings (SSSR count). The number of ether oxygens (including phenoxy) is 1. The molecule has 0 spiro atoms. The fraction of sp³-hybridized carbons (Fsp3) is 0.275. The number of hydrogen-bond acceptors (Lipinski definition) is 5. The minimum absolute atomic E-state index is 0.193. The molecule has 0 unspecified atom stereocenters. The molecule has 50 heavy (non-hydrogen) atoms. The van der Waals surface area contributed by atoms with Gasteiger partial charge in [0, 0.05) is 56.4 Å². The third kappa shape index (κ3) is 7.81. The van der Waals surface area contributed by atoms with Crippen LogP contribution in [0.1, 0.15) is 57.1 Å². The van der Waals surface area contributed by atoms with Crippen LogP contribution in [0.2, 0.25) is 0 Å². The summed E-state index contributed by atoms with van der Waals surface area (Å²) in [5, 5.41) is 12.2. The van der Waals surface area contributed by atoms with E-state index in [9.17, 15) is 23.1 Å². The number of benzene rings is 3. The van der Waals surface area contributed by atoms with Crippen molar-refractivity contribution >= 4 is 39.5 Å². The molecule has 3 aromatic carbocycles. The SMILES string of the molecule is CC(C)(C)Sc1c(CC(C)(C)C(=O)O)n(Cc2cccc(-c3ccc(C(F)(F)F)cn3)c2)c2ccc(OCc3ccc4ccccc4n3)cc12. The Bertz CT molecular complexity index is 2190. The number of halogens is 3. The van der Waals surface area contributed by atoms with Crippen LogP contribution in [0.3, 0.4) is 0 Å². The van der Waals surface area contributed by atoms with Gasteiger partial charge in [-0.05, 0) is 67.9 Å². The van der Waals surface area contributed by atoms with Crippen LogP contribution in [0.4, 0.5) is 13.2 Å². The van der Waals surface area contributed by atoms with Gasteiger partial charge in [-0.1, -0.05) is 63.2 Å². The first-order valence-electron chi connectivity index (χ1n) is 16.2. The molecular formula is C40H38F3N3O3S. The number of rotatable bonds is 10. The Hall–Kier alpha value is -4.83. The van der Waals surface area contributed by atoms with Crippen LogP contribution >= 0.6 is 11.8 Å². The highest BCUT2D eigenvalue weighted by atomic mass is 32.2. The zero-order valence-corrected chi connectivity index (χ0v) is 29.3. The van der Waals surface area contributed by atoms with Gasteiger partial charge in [-0.3, -0.25) is 9.78 Å². The van der Waals surface area contributed by atoms with E-state index in [-0.39, 0.29) is 17.8 Å². The average molecular weight is 698 g/mol. The monoisotopic (exact) mass is 697 g/mol. The van der Waals surface area contributed by atoms with E-state index in [1.165, 1.54) is 6.07 Å². The Labute approximate surface area is 293 Å². The van der Waals surface area contributed by atoms with E-state index in [2.05, 4.69) is 30.3 Å². The highest BCUT2D eigenvalue weighted by molar-refractivity contribution is 8.00. The molecule has 6 aromatic rings. The highest BCUT2D eigenvalue weighted by Gasteiger charge is 2.33.